The first kappa shape index (κ1) is 12.7. The van der Waals surface area contributed by atoms with Crippen LogP contribution in [0.1, 0.15) is 22.5 Å². The molecule has 0 amide bonds. The zero-order valence-corrected chi connectivity index (χ0v) is 9.50. The van der Waals surface area contributed by atoms with Crippen molar-refractivity contribution < 1.29 is 15.0 Å². The van der Waals surface area contributed by atoms with E-state index in [9.17, 15) is 9.59 Å². The van der Waals surface area contributed by atoms with E-state index in [4.69, 9.17) is 10.2 Å². The van der Waals surface area contributed by atoms with Gasteiger partial charge in [-0.2, -0.15) is 4.98 Å². The lowest BCUT2D eigenvalue weighted by atomic mass is 10.2. The molecular weight excluding hydrogens is 232 g/mol. The second-order valence-electron chi connectivity index (χ2n) is 3.08. The minimum atomic E-state index is -1.12. The van der Waals surface area contributed by atoms with Crippen molar-refractivity contribution in [3.63, 3.8) is 0 Å². The first-order chi connectivity index (χ1) is 7.56. The number of carbonyl (C=O) groups is 1. The van der Waals surface area contributed by atoms with E-state index in [2.05, 4.69) is 9.97 Å². The molecule has 0 fully saturated rings. The van der Waals surface area contributed by atoms with Crippen LogP contribution in [0.4, 0.5) is 0 Å². The van der Waals surface area contributed by atoms with Gasteiger partial charge in [-0.3, -0.25) is 0 Å². The molecule has 0 saturated heterocycles. The molecule has 16 heavy (non-hydrogen) atoms. The first-order valence-corrected chi connectivity index (χ1v) is 5.62. The van der Waals surface area contributed by atoms with Gasteiger partial charge in [0.1, 0.15) is 10.6 Å². The Morgan fingerprint density at radius 3 is 2.81 bits per heavy atom. The highest BCUT2D eigenvalue weighted by molar-refractivity contribution is 7.99. The third-order valence-electron chi connectivity index (χ3n) is 1.84. The molecule has 0 saturated carbocycles. The maximum Gasteiger partial charge on any atom is 0.346 e. The van der Waals surface area contributed by atoms with Crippen molar-refractivity contribution in [2.75, 3.05) is 12.4 Å². The number of nitrogens with one attached hydrogen (secondary N) is 1. The van der Waals surface area contributed by atoms with Crippen LogP contribution in [0.3, 0.4) is 0 Å². The largest absolute Gasteiger partial charge is 0.478 e. The lowest BCUT2D eigenvalue weighted by molar-refractivity contribution is 0.0690. The number of aromatic nitrogens is 2. The van der Waals surface area contributed by atoms with Crippen LogP contribution in [0.2, 0.25) is 0 Å². The van der Waals surface area contributed by atoms with Gasteiger partial charge in [0.2, 0.25) is 0 Å². The van der Waals surface area contributed by atoms with Crippen molar-refractivity contribution in [3.8, 4) is 0 Å². The standard InChI is InChI=1S/C9H12N2O4S/c1-5-6(8(13)14)7(11-9(15)10-5)16-4-2-3-12/h12H,2-4H2,1H3,(H,13,14)(H,10,11,15). The summed E-state index contributed by atoms with van der Waals surface area (Å²) in [4.78, 5) is 28.0. The summed E-state index contributed by atoms with van der Waals surface area (Å²) in [6.07, 6.45) is 0.525. The molecule has 1 aromatic rings. The number of aryl methyl sites for hydroxylation is 1. The molecule has 6 nitrogen and oxygen atoms in total. The Morgan fingerprint density at radius 1 is 1.56 bits per heavy atom. The van der Waals surface area contributed by atoms with E-state index in [0.29, 0.717) is 17.9 Å². The van der Waals surface area contributed by atoms with Crippen LogP contribution in [-0.4, -0.2) is 38.5 Å². The summed E-state index contributed by atoms with van der Waals surface area (Å²) >= 11 is 1.16. The van der Waals surface area contributed by atoms with Gasteiger partial charge < -0.3 is 15.2 Å². The van der Waals surface area contributed by atoms with Gasteiger partial charge >= 0.3 is 11.7 Å². The minimum Gasteiger partial charge on any atom is -0.478 e. The second-order valence-corrected chi connectivity index (χ2v) is 4.16. The molecule has 0 unspecified atom stereocenters. The quantitative estimate of drug-likeness (QED) is 0.390. The molecule has 0 atom stereocenters. The summed E-state index contributed by atoms with van der Waals surface area (Å²) in [6, 6.07) is 0. The van der Waals surface area contributed by atoms with Gasteiger partial charge in [-0.25, -0.2) is 9.59 Å². The fourth-order valence-electron chi connectivity index (χ4n) is 1.15. The maximum atomic E-state index is 11.1. The van der Waals surface area contributed by atoms with Gasteiger partial charge in [0.15, 0.2) is 0 Å². The number of rotatable bonds is 5. The fourth-order valence-corrected chi connectivity index (χ4v) is 2.15. The van der Waals surface area contributed by atoms with E-state index in [1.807, 2.05) is 0 Å². The average Bonchev–Trinajstić information content (AvgIpc) is 2.16. The third-order valence-corrected chi connectivity index (χ3v) is 2.90. The normalized spacial score (nSPS) is 10.4. The molecule has 0 aromatic carbocycles. The van der Waals surface area contributed by atoms with Crippen LogP contribution in [0.15, 0.2) is 9.82 Å². The predicted octanol–water partition coefficient (Wildman–Crippen LogP) is 0.251. The van der Waals surface area contributed by atoms with E-state index >= 15 is 0 Å². The number of aromatic amines is 1. The molecular formula is C9H12N2O4S. The Balaban J connectivity index is 3.04. The van der Waals surface area contributed by atoms with Gasteiger partial charge in [0, 0.05) is 18.1 Å². The molecule has 0 radical (unpaired) electrons. The van der Waals surface area contributed by atoms with E-state index in [1.165, 1.54) is 6.92 Å². The molecule has 0 aliphatic carbocycles. The number of aliphatic hydroxyl groups is 1. The zero-order chi connectivity index (χ0) is 12.1. The molecule has 0 bridgehead atoms. The number of carboxylic acid groups (broad SMARTS) is 1. The second kappa shape index (κ2) is 5.66. The number of aliphatic hydroxyl groups excluding tert-OH is 1. The number of aromatic carboxylic acids is 1. The SMILES string of the molecule is Cc1[nH]c(=O)nc(SCCCO)c1C(=O)O. The number of carboxylic acids is 1. The Labute approximate surface area is 95.7 Å². The van der Waals surface area contributed by atoms with Crippen molar-refractivity contribution >= 4 is 17.7 Å². The number of nitrogens with zero attached hydrogens (tertiary/aromatic N) is 1. The maximum absolute atomic E-state index is 11.1. The van der Waals surface area contributed by atoms with Crippen LogP contribution >= 0.6 is 11.8 Å². The highest BCUT2D eigenvalue weighted by atomic mass is 32.2. The first-order valence-electron chi connectivity index (χ1n) is 4.64. The minimum absolute atomic E-state index is 0.0162. The third kappa shape index (κ3) is 3.07. The molecule has 0 aliphatic rings. The molecule has 88 valence electrons. The molecule has 1 heterocycles. The van der Waals surface area contributed by atoms with Crippen molar-refractivity contribution in [1.29, 1.82) is 0 Å². The Hall–Kier alpha value is -1.34. The topological polar surface area (TPSA) is 103 Å². The van der Waals surface area contributed by atoms with E-state index in [-0.39, 0.29) is 17.2 Å². The number of thioether (sulfide) groups is 1. The van der Waals surface area contributed by atoms with E-state index in [0.717, 1.165) is 11.8 Å². The molecule has 3 N–H and O–H groups in total. The lowest BCUT2D eigenvalue weighted by Gasteiger charge is -2.05. The summed E-state index contributed by atoms with van der Waals surface area (Å²) in [7, 11) is 0. The monoisotopic (exact) mass is 244 g/mol. The van der Waals surface area contributed by atoms with E-state index < -0.39 is 11.7 Å². The van der Waals surface area contributed by atoms with Crippen molar-refractivity contribution in [2.45, 2.75) is 18.4 Å². The van der Waals surface area contributed by atoms with Crippen LogP contribution < -0.4 is 5.69 Å². The smallest absolute Gasteiger partial charge is 0.346 e. The van der Waals surface area contributed by atoms with Gasteiger partial charge in [0.05, 0.1) is 0 Å². The Morgan fingerprint density at radius 2 is 2.25 bits per heavy atom. The van der Waals surface area contributed by atoms with Crippen LogP contribution in [0.5, 0.6) is 0 Å². The Bertz CT molecular complexity index is 444. The van der Waals surface area contributed by atoms with Crippen LogP contribution in [-0.2, 0) is 0 Å². The highest BCUT2D eigenvalue weighted by Crippen LogP contribution is 2.21. The predicted molar refractivity (Wildman–Crippen MR) is 59.0 cm³/mol. The summed E-state index contributed by atoms with van der Waals surface area (Å²) in [5, 5.41) is 17.8. The van der Waals surface area contributed by atoms with Gasteiger partial charge in [-0.1, -0.05) is 0 Å². The van der Waals surface area contributed by atoms with Gasteiger partial charge in [0.25, 0.3) is 0 Å². The van der Waals surface area contributed by atoms with E-state index in [1.54, 1.807) is 0 Å². The number of H-pyrrole nitrogens is 1. The number of hydrogen-bond acceptors (Lipinski definition) is 5. The summed E-state index contributed by atoms with van der Waals surface area (Å²) in [5.74, 6) is -0.597. The lowest BCUT2D eigenvalue weighted by Crippen LogP contribution is -2.18. The summed E-state index contributed by atoms with van der Waals surface area (Å²) in [6.45, 7) is 1.54. The van der Waals surface area contributed by atoms with Crippen molar-refractivity contribution in [1.82, 2.24) is 9.97 Å². The summed E-state index contributed by atoms with van der Waals surface area (Å²) in [5.41, 5.74) is -0.254. The fraction of sp³-hybridized carbons (Fsp3) is 0.444. The average molecular weight is 244 g/mol. The van der Waals surface area contributed by atoms with Crippen LogP contribution in [0, 0.1) is 6.92 Å². The summed E-state index contributed by atoms with van der Waals surface area (Å²) < 4.78 is 0. The van der Waals surface area contributed by atoms with Crippen LogP contribution in [0.25, 0.3) is 0 Å². The van der Waals surface area contributed by atoms with Gasteiger partial charge in [-0.15, -0.1) is 11.8 Å². The number of hydrogen-bond donors (Lipinski definition) is 3. The highest BCUT2D eigenvalue weighted by Gasteiger charge is 2.16. The van der Waals surface area contributed by atoms with Crippen molar-refractivity contribution in [2.24, 2.45) is 0 Å². The molecule has 7 heteroatoms. The van der Waals surface area contributed by atoms with Crippen molar-refractivity contribution in [3.05, 3.63) is 21.7 Å². The molecule has 1 rings (SSSR count). The Kier molecular flexibility index (Phi) is 4.51. The molecule has 0 spiro atoms. The van der Waals surface area contributed by atoms with Gasteiger partial charge in [-0.05, 0) is 13.3 Å². The molecule has 0 aliphatic heterocycles. The zero-order valence-electron chi connectivity index (χ0n) is 8.69. The molecule has 1 aromatic heterocycles.